The summed E-state index contributed by atoms with van der Waals surface area (Å²) in [5.41, 5.74) is 4.31. The molecule has 6 heterocycles. The van der Waals surface area contributed by atoms with Gasteiger partial charge in [0.2, 0.25) is 5.88 Å². The Labute approximate surface area is 257 Å². The Morgan fingerprint density at radius 2 is 2.07 bits per heavy atom. The first-order chi connectivity index (χ1) is 21.4. The summed E-state index contributed by atoms with van der Waals surface area (Å²) >= 11 is 0. The number of phenolic OH excluding ortho intramolecular Hbond substituents is 1. The van der Waals surface area contributed by atoms with Gasteiger partial charge in [0.05, 0.1) is 18.2 Å². The fraction of sp³-hybridized carbons (Fsp3) is 0.559. The van der Waals surface area contributed by atoms with Crippen molar-refractivity contribution in [2.75, 3.05) is 51.0 Å². The van der Waals surface area contributed by atoms with Gasteiger partial charge in [-0.2, -0.15) is 9.97 Å². The number of aryl methyl sites for hydroxylation is 1. The number of hydrogen-bond acceptors (Lipinski definition) is 9. The SMILES string of the molecule is C/C=C1\CN2CCC[C@@]2(COc2nc3c4c(nc(-c5cc(O)cc6c5[C@H](C)CCC6)c(F)c4n2)OC[C@@H]2COCCCN32)C1. The number of phenols is 1. The van der Waals surface area contributed by atoms with E-state index in [9.17, 15) is 5.11 Å². The number of nitrogens with zero attached hydrogens (tertiary/aromatic N) is 5. The monoisotopic (exact) mass is 601 g/mol. The van der Waals surface area contributed by atoms with Gasteiger partial charge < -0.3 is 24.2 Å². The van der Waals surface area contributed by atoms with Gasteiger partial charge in [0.1, 0.15) is 41.4 Å². The number of pyridine rings is 1. The molecule has 10 heteroatoms. The van der Waals surface area contributed by atoms with E-state index in [0.717, 1.165) is 69.2 Å². The molecule has 8 rings (SSSR count). The van der Waals surface area contributed by atoms with E-state index in [-0.39, 0.29) is 40.5 Å². The van der Waals surface area contributed by atoms with Crippen LogP contribution in [-0.4, -0.2) is 82.6 Å². The Morgan fingerprint density at radius 3 is 2.95 bits per heavy atom. The molecule has 0 radical (unpaired) electrons. The highest BCUT2D eigenvalue weighted by molar-refractivity contribution is 5.97. The molecule has 3 atom stereocenters. The number of hydrogen-bond donors (Lipinski definition) is 1. The van der Waals surface area contributed by atoms with Crippen LogP contribution in [0, 0.1) is 5.82 Å². The quantitative estimate of drug-likeness (QED) is 0.388. The first-order valence-corrected chi connectivity index (χ1v) is 16.2. The number of rotatable bonds is 4. The summed E-state index contributed by atoms with van der Waals surface area (Å²) in [5, 5.41) is 11.1. The van der Waals surface area contributed by atoms with Gasteiger partial charge in [-0.1, -0.05) is 18.6 Å². The molecule has 4 aliphatic heterocycles. The third-order valence-corrected chi connectivity index (χ3v) is 10.5. The van der Waals surface area contributed by atoms with Crippen molar-refractivity contribution in [1.82, 2.24) is 19.9 Å². The largest absolute Gasteiger partial charge is 0.508 e. The first kappa shape index (κ1) is 28.0. The Kier molecular flexibility index (Phi) is 6.90. The van der Waals surface area contributed by atoms with Gasteiger partial charge in [0.25, 0.3) is 0 Å². The van der Waals surface area contributed by atoms with Crippen molar-refractivity contribution >= 4 is 16.7 Å². The average Bonchev–Trinajstić information content (AvgIpc) is 3.41. The molecule has 0 saturated carbocycles. The summed E-state index contributed by atoms with van der Waals surface area (Å²) in [4.78, 5) is 19.2. The van der Waals surface area contributed by atoms with Crippen molar-refractivity contribution in [1.29, 1.82) is 0 Å². The summed E-state index contributed by atoms with van der Waals surface area (Å²) in [6.07, 6.45) is 9.06. The zero-order chi connectivity index (χ0) is 30.0. The number of fused-ring (bicyclic) bond motifs is 4. The zero-order valence-corrected chi connectivity index (χ0v) is 25.6. The summed E-state index contributed by atoms with van der Waals surface area (Å²) in [5.74, 6) is 0.660. The number of anilines is 1. The van der Waals surface area contributed by atoms with Gasteiger partial charge in [-0.3, -0.25) is 4.90 Å². The summed E-state index contributed by atoms with van der Waals surface area (Å²) in [6.45, 7) is 8.88. The predicted molar refractivity (Wildman–Crippen MR) is 165 cm³/mol. The predicted octanol–water partition coefficient (Wildman–Crippen LogP) is 5.53. The number of ether oxygens (including phenoxy) is 3. The molecular weight excluding hydrogens is 561 g/mol. The molecule has 3 fully saturated rings. The van der Waals surface area contributed by atoms with E-state index in [2.05, 4.69) is 29.7 Å². The molecule has 2 aromatic heterocycles. The molecule has 44 heavy (non-hydrogen) atoms. The van der Waals surface area contributed by atoms with Crippen LogP contribution in [0.1, 0.15) is 69.4 Å². The minimum absolute atomic E-state index is 0.0831. The van der Waals surface area contributed by atoms with Crippen LogP contribution in [0.25, 0.3) is 22.2 Å². The Bertz CT molecular complexity index is 1660. The smallest absolute Gasteiger partial charge is 0.319 e. The summed E-state index contributed by atoms with van der Waals surface area (Å²) in [7, 11) is 0. The molecule has 0 bridgehead atoms. The molecule has 0 amide bonds. The number of allylic oxidation sites excluding steroid dienone is 1. The number of aromatic hydroxyl groups is 1. The topological polar surface area (TPSA) is 93.1 Å². The fourth-order valence-electron chi connectivity index (χ4n) is 8.28. The van der Waals surface area contributed by atoms with Crippen molar-refractivity contribution in [3.63, 3.8) is 0 Å². The molecule has 1 aromatic carbocycles. The molecule has 5 aliphatic rings. The van der Waals surface area contributed by atoms with Gasteiger partial charge >= 0.3 is 6.01 Å². The number of aromatic nitrogens is 3. The van der Waals surface area contributed by atoms with Crippen molar-refractivity contribution < 1.29 is 23.7 Å². The minimum Gasteiger partial charge on any atom is -0.508 e. The molecule has 1 N–H and O–H groups in total. The highest BCUT2D eigenvalue weighted by Crippen LogP contribution is 2.46. The van der Waals surface area contributed by atoms with Gasteiger partial charge in [0, 0.05) is 25.3 Å². The average molecular weight is 602 g/mol. The maximum atomic E-state index is 17.0. The molecule has 0 spiro atoms. The first-order valence-electron chi connectivity index (χ1n) is 16.2. The van der Waals surface area contributed by atoms with Crippen LogP contribution in [0.3, 0.4) is 0 Å². The van der Waals surface area contributed by atoms with Crippen molar-refractivity contribution in [3.05, 3.63) is 40.7 Å². The highest BCUT2D eigenvalue weighted by Gasteiger charge is 2.47. The Balaban J connectivity index is 1.29. The van der Waals surface area contributed by atoms with Crippen LogP contribution < -0.4 is 14.4 Å². The molecule has 3 aromatic rings. The standard InChI is InChI=1S/C34H40FN5O4/c1-3-21-15-34(9-5-10-39(34)16-21)19-44-33-37-30-27-31(38-33)40-11-6-12-42-17-23(40)18-43-32(27)36-29(28(30)35)25-14-24(41)13-22-8-4-7-20(2)26(22)25/h3,13-14,20,23,41H,4-12,15-19H2,1-2H3/b21-3-/t20-,23+,34+/m1/s1. The van der Waals surface area contributed by atoms with Gasteiger partial charge in [-0.25, -0.2) is 9.37 Å². The van der Waals surface area contributed by atoms with E-state index in [1.165, 1.54) is 5.57 Å². The lowest BCUT2D eigenvalue weighted by molar-refractivity contribution is 0.108. The van der Waals surface area contributed by atoms with Crippen LogP contribution in [0.5, 0.6) is 17.6 Å². The second-order valence-corrected chi connectivity index (χ2v) is 13.2. The fourth-order valence-corrected chi connectivity index (χ4v) is 8.28. The van der Waals surface area contributed by atoms with E-state index in [0.29, 0.717) is 55.6 Å². The Morgan fingerprint density at radius 1 is 1.16 bits per heavy atom. The normalized spacial score (nSPS) is 27.4. The lowest BCUT2D eigenvalue weighted by Crippen LogP contribution is -2.43. The molecule has 1 aliphatic carbocycles. The molecule has 3 saturated heterocycles. The van der Waals surface area contributed by atoms with E-state index in [4.69, 9.17) is 29.2 Å². The minimum atomic E-state index is -0.548. The van der Waals surface area contributed by atoms with Crippen LogP contribution in [0.4, 0.5) is 10.2 Å². The summed E-state index contributed by atoms with van der Waals surface area (Å²) < 4.78 is 35.7. The van der Waals surface area contributed by atoms with E-state index in [1.807, 2.05) is 0 Å². The zero-order valence-electron chi connectivity index (χ0n) is 25.6. The van der Waals surface area contributed by atoms with Gasteiger partial charge in [-0.15, -0.1) is 0 Å². The van der Waals surface area contributed by atoms with Crippen molar-refractivity contribution in [2.24, 2.45) is 0 Å². The van der Waals surface area contributed by atoms with Crippen molar-refractivity contribution in [3.8, 4) is 28.9 Å². The third-order valence-electron chi connectivity index (χ3n) is 10.5. The number of benzene rings is 1. The van der Waals surface area contributed by atoms with Crippen LogP contribution in [-0.2, 0) is 11.2 Å². The van der Waals surface area contributed by atoms with Crippen LogP contribution >= 0.6 is 0 Å². The second kappa shape index (κ2) is 10.8. The maximum absolute atomic E-state index is 17.0. The lowest BCUT2D eigenvalue weighted by atomic mass is 9.80. The second-order valence-electron chi connectivity index (χ2n) is 13.2. The van der Waals surface area contributed by atoms with Gasteiger partial charge in [0.15, 0.2) is 5.82 Å². The van der Waals surface area contributed by atoms with Crippen LogP contribution in [0.2, 0.25) is 0 Å². The van der Waals surface area contributed by atoms with Gasteiger partial charge in [-0.05, 0) is 87.6 Å². The maximum Gasteiger partial charge on any atom is 0.319 e. The Hall–Kier alpha value is -3.50. The van der Waals surface area contributed by atoms with Crippen LogP contribution in [0.15, 0.2) is 23.8 Å². The lowest BCUT2D eigenvalue weighted by Gasteiger charge is -2.31. The van der Waals surface area contributed by atoms with E-state index >= 15 is 4.39 Å². The highest BCUT2D eigenvalue weighted by atomic mass is 19.1. The third kappa shape index (κ3) is 4.52. The molecular formula is C34H40FN5O4. The van der Waals surface area contributed by atoms with E-state index in [1.54, 1.807) is 12.1 Å². The number of halogens is 1. The molecule has 232 valence electrons. The molecule has 0 unspecified atom stereocenters. The van der Waals surface area contributed by atoms with Crippen molar-refractivity contribution in [2.45, 2.75) is 76.3 Å². The molecule has 9 nitrogen and oxygen atoms in total. The summed E-state index contributed by atoms with van der Waals surface area (Å²) in [6, 6.07) is 3.50. The van der Waals surface area contributed by atoms with E-state index < -0.39 is 5.82 Å².